The van der Waals surface area contributed by atoms with E-state index in [1.54, 1.807) is 41.9 Å². The summed E-state index contributed by atoms with van der Waals surface area (Å²) in [6.07, 6.45) is 0. The second kappa shape index (κ2) is 7.88. The van der Waals surface area contributed by atoms with E-state index in [9.17, 15) is 9.18 Å². The molecule has 1 amide bonds. The molecule has 3 aromatic rings. The summed E-state index contributed by atoms with van der Waals surface area (Å²) >= 11 is 7.33. The zero-order chi connectivity index (χ0) is 18.7. The fourth-order valence-electron chi connectivity index (χ4n) is 2.35. The molecule has 3 rings (SSSR count). The molecule has 8 heteroatoms. The minimum atomic E-state index is -0.307. The van der Waals surface area contributed by atoms with E-state index in [2.05, 4.69) is 15.5 Å². The maximum Gasteiger partial charge on any atom is 0.234 e. The van der Waals surface area contributed by atoms with Crippen LogP contribution in [0.1, 0.15) is 5.56 Å². The number of carbonyl (C=O) groups is 1. The van der Waals surface area contributed by atoms with E-state index in [0.29, 0.717) is 21.7 Å². The predicted octanol–water partition coefficient (Wildman–Crippen LogP) is 4.31. The third-order valence-corrected chi connectivity index (χ3v) is 5.24. The Labute approximate surface area is 159 Å². The van der Waals surface area contributed by atoms with Crippen LogP contribution in [0, 0.1) is 12.7 Å². The number of hydrogen-bond acceptors (Lipinski definition) is 4. The lowest BCUT2D eigenvalue weighted by Gasteiger charge is -2.09. The van der Waals surface area contributed by atoms with Crippen molar-refractivity contribution in [2.75, 3.05) is 11.1 Å². The molecule has 1 N–H and O–H groups in total. The van der Waals surface area contributed by atoms with Gasteiger partial charge in [-0.2, -0.15) is 0 Å². The molecule has 0 unspecified atom stereocenters. The lowest BCUT2D eigenvalue weighted by atomic mass is 10.2. The van der Waals surface area contributed by atoms with Gasteiger partial charge in [-0.05, 0) is 48.9 Å². The largest absolute Gasteiger partial charge is 0.325 e. The highest BCUT2D eigenvalue weighted by atomic mass is 35.5. The number of hydrogen-bond donors (Lipinski definition) is 1. The van der Waals surface area contributed by atoms with Gasteiger partial charge < -0.3 is 9.88 Å². The summed E-state index contributed by atoms with van der Waals surface area (Å²) in [6, 6.07) is 11.4. The SMILES string of the molecule is Cc1c(Cl)cccc1NC(=O)CSc1nnc(-c2ccc(F)cc2)n1C. The number of anilines is 1. The standard InChI is InChI=1S/C18H16ClFN4OS/c1-11-14(19)4-3-5-15(11)21-16(25)10-26-18-23-22-17(24(18)2)12-6-8-13(20)9-7-12/h3-9H,10H2,1-2H3,(H,21,25). The van der Waals surface area contributed by atoms with Crippen LogP contribution in [0.4, 0.5) is 10.1 Å². The first-order chi connectivity index (χ1) is 12.5. The van der Waals surface area contributed by atoms with Crippen LogP contribution in [-0.2, 0) is 11.8 Å². The van der Waals surface area contributed by atoms with E-state index >= 15 is 0 Å². The van der Waals surface area contributed by atoms with Crippen molar-refractivity contribution >= 4 is 35.0 Å². The highest BCUT2D eigenvalue weighted by Gasteiger charge is 2.14. The minimum Gasteiger partial charge on any atom is -0.325 e. The van der Waals surface area contributed by atoms with Crippen molar-refractivity contribution in [2.24, 2.45) is 7.05 Å². The van der Waals surface area contributed by atoms with Gasteiger partial charge >= 0.3 is 0 Å². The molecule has 0 spiro atoms. The summed E-state index contributed by atoms with van der Waals surface area (Å²) in [5, 5.41) is 12.3. The first-order valence-corrected chi connectivity index (χ1v) is 9.15. The molecule has 26 heavy (non-hydrogen) atoms. The molecule has 0 bridgehead atoms. The molecule has 0 radical (unpaired) electrons. The summed E-state index contributed by atoms with van der Waals surface area (Å²) < 4.78 is 14.8. The maximum atomic E-state index is 13.1. The Kier molecular flexibility index (Phi) is 5.58. The third kappa shape index (κ3) is 4.05. The zero-order valence-corrected chi connectivity index (χ0v) is 15.7. The van der Waals surface area contributed by atoms with Crippen molar-refractivity contribution in [1.82, 2.24) is 14.8 Å². The molecule has 0 saturated carbocycles. The van der Waals surface area contributed by atoms with Gasteiger partial charge in [0.05, 0.1) is 5.75 Å². The Morgan fingerprint density at radius 3 is 2.69 bits per heavy atom. The number of nitrogens with zero attached hydrogens (tertiary/aromatic N) is 3. The summed E-state index contributed by atoms with van der Waals surface area (Å²) in [7, 11) is 1.81. The molecule has 5 nitrogen and oxygen atoms in total. The smallest absolute Gasteiger partial charge is 0.234 e. The summed E-state index contributed by atoms with van der Waals surface area (Å²) in [6.45, 7) is 1.85. The second-order valence-corrected chi connectivity index (χ2v) is 6.97. The van der Waals surface area contributed by atoms with E-state index in [0.717, 1.165) is 11.1 Å². The van der Waals surface area contributed by atoms with Crippen molar-refractivity contribution in [3.8, 4) is 11.4 Å². The molecular weight excluding hydrogens is 375 g/mol. The summed E-state index contributed by atoms with van der Waals surface area (Å²) in [4.78, 5) is 12.2. The monoisotopic (exact) mass is 390 g/mol. The number of thioether (sulfide) groups is 1. The van der Waals surface area contributed by atoms with Crippen molar-refractivity contribution in [1.29, 1.82) is 0 Å². The molecule has 2 aromatic carbocycles. The van der Waals surface area contributed by atoms with Crippen LogP contribution in [0.5, 0.6) is 0 Å². The Balaban J connectivity index is 1.66. The summed E-state index contributed by atoms with van der Waals surface area (Å²) in [5.41, 5.74) is 2.27. The Morgan fingerprint density at radius 1 is 1.23 bits per heavy atom. The van der Waals surface area contributed by atoms with Crippen LogP contribution in [0.15, 0.2) is 47.6 Å². The number of amides is 1. The Bertz CT molecular complexity index is 943. The lowest BCUT2D eigenvalue weighted by molar-refractivity contribution is -0.113. The van der Waals surface area contributed by atoms with Gasteiger partial charge in [-0.3, -0.25) is 4.79 Å². The number of carbonyl (C=O) groups excluding carboxylic acids is 1. The molecule has 1 aromatic heterocycles. The van der Waals surface area contributed by atoms with Gasteiger partial charge in [0.15, 0.2) is 11.0 Å². The van der Waals surface area contributed by atoms with E-state index in [-0.39, 0.29) is 17.5 Å². The molecule has 0 saturated heterocycles. The molecule has 0 aliphatic heterocycles. The lowest BCUT2D eigenvalue weighted by Crippen LogP contribution is -2.15. The van der Waals surface area contributed by atoms with Crippen LogP contribution >= 0.6 is 23.4 Å². The van der Waals surface area contributed by atoms with Crippen molar-refractivity contribution in [2.45, 2.75) is 12.1 Å². The van der Waals surface area contributed by atoms with Gasteiger partial charge in [0, 0.05) is 23.3 Å². The highest BCUT2D eigenvalue weighted by Crippen LogP contribution is 2.25. The van der Waals surface area contributed by atoms with Gasteiger partial charge in [-0.1, -0.05) is 29.4 Å². The minimum absolute atomic E-state index is 0.160. The number of benzene rings is 2. The quantitative estimate of drug-likeness (QED) is 0.659. The fourth-order valence-corrected chi connectivity index (χ4v) is 3.24. The predicted molar refractivity (Wildman–Crippen MR) is 102 cm³/mol. The third-order valence-electron chi connectivity index (χ3n) is 3.81. The molecule has 1 heterocycles. The van der Waals surface area contributed by atoms with Gasteiger partial charge in [0.2, 0.25) is 5.91 Å². The van der Waals surface area contributed by atoms with E-state index in [4.69, 9.17) is 11.6 Å². The first-order valence-electron chi connectivity index (χ1n) is 7.79. The Hall–Kier alpha value is -2.38. The second-order valence-electron chi connectivity index (χ2n) is 5.62. The van der Waals surface area contributed by atoms with Crippen LogP contribution in [0.2, 0.25) is 5.02 Å². The topological polar surface area (TPSA) is 59.8 Å². The summed E-state index contributed by atoms with van der Waals surface area (Å²) in [5.74, 6) is 0.324. The van der Waals surface area contributed by atoms with Gasteiger partial charge in [-0.25, -0.2) is 4.39 Å². The van der Waals surface area contributed by atoms with E-state index in [1.165, 1.54) is 23.9 Å². The molecule has 0 atom stereocenters. The fraction of sp³-hybridized carbons (Fsp3) is 0.167. The normalized spacial score (nSPS) is 10.8. The number of nitrogens with one attached hydrogen (secondary N) is 1. The van der Waals surface area contributed by atoms with Crippen molar-refractivity contribution in [3.63, 3.8) is 0 Å². The molecule has 0 aliphatic rings. The van der Waals surface area contributed by atoms with Gasteiger partial charge in [0.25, 0.3) is 0 Å². The van der Waals surface area contributed by atoms with Crippen molar-refractivity contribution < 1.29 is 9.18 Å². The van der Waals surface area contributed by atoms with Crippen LogP contribution in [0.3, 0.4) is 0 Å². The van der Waals surface area contributed by atoms with Gasteiger partial charge in [0.1, 0.15) is 5.82 Å². The molecule has 0 fully saturated rings. The molecular formula is C18H16ClFN4OS. The van der Waals surface area contributed by atoms with E-state index in [1.807, 2.05) is 6.92 Å². The average molecular weight is 391 g/mol. The number of aromatic nitrogens is 3. The number of halogens is 2. The molecule has 0 aliphatic carbocycles. The van der Waals surface area contributed by atoms with Crippen molar-refractivity contribution in [3.05, 3.63) is 58.9 Å². The maximum absolute atomic E-state index is 13.1. The average Bonchev–Trinajstić information content (AvgIpc) is 2.99. The van der Waals surface area contributed by atoms with Crippen LogP contribution in [-0.4, -0.2) is 26.4 Å². The van der Waals surface area contributed by atoms with E-state index < -0.39 is 0 Å². The Morgan fingerprint density at radius 2 is 1.96 bits per heavy atom. The first kappa shape index (κ1) is 18.4. The van der Waals surface area contributed by atoms with Crippen LogP contribution in [0.25, 0.3) is 11.4 Å². The molecule has 134 valence electrons. The number of rotatable bonds is 5. The zero-order valence-electron chi connectivity index (χ0n) is 14.2. The van der Waals surface area contributed by atoms with Gasteiger partial charge in [-0.15, -0.1) is 10.2 Å². The highest BCUT2D eigenvalue weighted by molar-refractivity contribution is 7.99. The van der Waals surface area contributed by atoms with Crippen LogP contribution < -0.4 is 5.32 Å².